The molecular weight excluding hydrogens is 210 g/mol. The van der Waals surface area contributed by atoms with Gasteiger partial charge in [-0.3, -0.25) is 0 Å². The first-order valence-electron chi connectivity index (χ1n) is 5.01. The normalized spacial score (nSPS) is 24.7. The second-order valence-corrected chi connectivity index (χ2v) is 3.65. The Kier molecular flexibility index (Phi) is 3.00. The van der Waals surface area contributed by atoms with Crippen molar-refractivity contribution in [1.82, 2.24) is 9.97 Å². The van der Waals surface area contributed by atoms with Crippen LogP contribution in [0.3, 0.4) is 0 Å². The molecular formula is C10H13N3O3. The van der Waals surface area contributed by atoms with E-state index in [0.29, 0.717) is 18.9 Å². The Labute approximate surface area is 92.9 Å². The molecule has 1 N–H and O–H groups in total. The maximum atomic E-state index is 11.1. The van der Waals surface area contributed by atoms with Crippen LogP contribution in [0.25, 0.3) is 0 Å². The number of methoxy groups -OCH3 is 1. The van der Waals surface area contributed by atoms with E-state index >= 15 is 0 Å². The molecule has 0 amide bonds. The van der Waals surface area contributed by atoms with E-state index in [1.807, 2.05) is 0 Å². The summed E-state index contributed by atoms with van der Waals surface area (Å²) >= 11 is 0. The summed E-state index contributed by atoms with van der Waals surface area (Å²) in [6.07, 6.45) is 3.58. The van der Waals surface area contributed by atoms with Crippen molar-refractivity contribution in [3.05, 3.63) is 18.5 Å². The van der Waals surface area contributed by atoms with Gasteiger partial charge in [0, 0.05) is 32.5 Å². The first kappa shape index (κ1) is 10.8. The van der Waals surface area contributed by atoms with Gasteiger partial charge in [-0.15, -0.1) is 0 Å². The molecule has 0 radical (unpaired) electrons. The van der Waals surface area contributed by atoms with E-state index in [1.54, 1.807) is 30.5 Å². The maximum Gasteiger partial charge on any atom is 0.326 e. The van der Waals surface area contributed by atoms with E-state index in [9.17, 15) is 4.79 Å². The Bertz CT molecular complexity index is 371. The highest BCUT2D eigenvalue weighted by molar-refractivity contribution is 5.78. The number of aliphatic carboxylic acids is 1. The molecule has 2 heterocycles. The lowest BCUT2D eigenvalue weighted by Gasteiger charge is -2.20. The highest BCUT2D eigenvalue weighted by atomic mass is 16.5. The number of hydrogen-bond acceptors (Lipinski definition) is 5. The number of aromatic nitrogens is 2. The van der Waals surface area contributed by atoms with Gasteiger partial charge in [-0.25, -0.2) is 14.8 Å². The van der Waals surface area contributed by atoms with Gasteiger partial charge in [-0.1, -0.05) is 0 Å². The summed E-state index contributed by atoms with van der Waals surface area (Å²) in [5, 5.41) is 9.11. The molecule has 0 spiro atoms. The average Bonchev–Trinajstić information content (AvgIpc) is 2.74. The number of nitrogens with zero attached hydrogens (tertiary/aromatic N) is 3. The van der Waals surface area contributed by atoms with E-state index in [1.165, 1.54) is 0 Å². The highest BCUT2D eigenvalue weighted by Gasteiger charge is 2.38. The molecule has 0 bridgehead atoms. The number of anilines is 1. The Morgan fingerprint density at radius 2 is 2.25 bits per heavy atom. The molecule has 16 heavy (non-hydrogen) atoms. The summed E-state index contributed by atoms with van der Waals surface area (Å²) in [4.78, 5) is 20.9. The van der Waals surface area contributed by atoms with Crippen molar-refractivity contribution >= 4 is 11.9 Å². The van der Waals surface area contributed by atoms with Crippen LogP contribution in [0.5, 0.6) is 0 Å². The smallest absolute Gasteiger partial charge is 0.326 e. The Hall–Kier alpha value is -1.69. The second-order valence-electron chi connectivity index (χ2n) is 3.65. The van der Waals surface area contributed by atoms with Crippen LogP contribution < -0.4 is 4.90 Å². The van der Waals surface area contributed by atoms with Crippen LogP contribution in [0, 0.1) is 0 Å². The predicted molar refractivity (Wildman–Crippen MR) is 56.2 cm³/mol. The zero-order valence-electron chi connectivity index (χ0n) is 8.91. The number of carbonyl (C=O) groups is 1. The van der Waals surface area contributed by atoms with Crippen LogP contribution in [0.2, 0.25) is 0 Å². The fourth-order valence-corrected chi connectivity index (χ4v) is 1.86. The molecule has 2 rings (SSSR count). The molecule has 2 unspecified atom stereocenters. The van der Waals surface area contributed by atoms with Crippen molar-refractivity contribution in [2.75, 3.05) is 18.6 Å². The van der Waals surface area contributed by atoms with Crippen molar-refractivity contribution in [2.24, 2.45) is 0 Å². The second kappa shape index (κ2) is 4.44. The van der Waals surface area contributed by atoms with Crippen molar-refractivity contribution in [3.63, 3.8) is 0 Å². The lowest BCUT2D eigenvalue weighted by atomic mass is 10.2. The Morgan fingerprint density at radius 3 is 2.81 bits per heavy atom. The average molecular weight is 223 g/mol. The minimum atomic E-state index is -0.869. The third-order valence-electron chi connectivity index (χ3n) is 2.69. The van der Waals surface area contributed by atoms with Gasteiger partial charge in [0.2, 0.25) is 5.95 Å². The number of carboxylic acid groups (broad SMARTS) is 1. The molecule has 1 aromatic heterocycles. The molecule has 1 fully saturated rings. The molecule has 6 heteroatoms. The number of rotatable bonds is 3. The van der Waals surface area contributed by atoms with Crippen LogP contribution in [-0.2, 0) is 9.53 Å². The van der Waals surface area contributed by atoms with E-state index in [2.05, 4.69) is 9.97 Å². The topological polar surface area (TPSA) is 75.6 Å². The summed E-state index contributed by atoms with van der Waals surface area (Å²) in [6.45, 7) is 0.511. The van der Waals surface area contributed by atoms with Gasteiger partial charge < -0.3 is 14.7 Å². The fourth-order valence-electron chi connectivity index (χ4n) is 1.86. The van der Waals surface area contributed by atoms with Gasteiger partial charge in [0.15, 0.2) is 0 Å². The van der Waals surface area contributed by atoms with Gasteiger partial charge in [0.25, 0.3) is 0 Å². The van der Waals surface area contributed by atoms with Gasteiger partial charge >= 0.3 is 5.97 Å². The quantitative estimate of drug-likeness (QED) is 0.786. The molecule has 0 aliphatic carbocycles. The van der Waals surface area contributed by atoms with Gasteiger partial charge in [0.1, 0.15) is 6.04 Å². The molecule has 1 aliphatic heterocycles. The monoisotopic (exact) mass is 223 g/mol. The summed E-state index contributed by atoms with van der Waals surface area (Å²) in [5.41, 5.74) is 0. The largest absolute Gasteiger partial charge is 0.480 e. The molecule has 1 aliphatic rings. The van der Waals surface area contributed by atoms with E-state index in [-0.39, 0.29) is 6.10 Å². The van der Waals surface area contributed by atoms with Crippen LogP contribution in [0.1, 0.15) is 6.42 Å². The van der Waals surface area contributed by atoms with Crippen LogP contribution >= 0.6 is 0 Å². The van der Waals surface area contributed by atoms with Gasteiger partial charge in [-0.2, -0.15) is 0 Å². The molecule has 6 nitrogen and oxygen atoms in total. The maximum absolute atomic E-state index is 11.1. The zero-order valence-corrected chi connectivity index (χ0v) is 8.91. The lowest BCUT2D eigenvalue weighted by Crippen LogP contribution is -2.37. The summed E-state index contributed by atoms with van der Waals surface area (Å²) in [5.74, 6) is -0.429. The van der Waals surface area contributed by atoms with E-state index in [4.69, 9.17) is 9.84 Å². The van der Waals surface area contributed by atoms with Crippen molar-refractivity contribution in [2.45, 2.75) is 18.6 Å². The standard InChI is InChI=1S/C10H13N3O3/c1-16-7-5-8(9(14)15)13(6-7)10-11-3-2-4-12-10/h2-4,7-8H,5-6H2,1H3,(H,14,15). The Morgan fingerprint density at radius 1 is 1.56 bits per heavy atom. The molecule has 2 atom stereocenters. The van der Waals surface area contributed by atoms with Crippen LogP contribution in [-0.4, -0.2) is 46.8 Å². The Balaban J connectivity index is 2.22. The summed E-state index contributed by atoms with van der Waals surface area (Å²) in [7, 11) is 1.58. The molecule has 1 aromatic rings. The lowest BCUT2D eigenvalue weighted by molar-refractivity contribution is -0.138. The SMILES string of the molecule is COC1CC(C(=O)O)N(c2ncccn2)C1. The zero-order chi connectivity index (χ0) is 11.5. The molecule has 0 aromatic carbocycles. The molecule has 0 saturated carbocycles. The third-order valence-corrected chi connectivity index (χ3v) is 2.69. The van der Waals surface area contributed by atoms with Gasteiger partial charge in [-0.05, 0) is 6.07 Å². The van der Waals surface area contributed by atoms with Crippen molar-refractivity contribution in [1.29, 1.82) is 0 Å². The summed E-state index contributed by atoms with van der Waals surface area (Å²) in [6, 6.07) is 1.09. The minimum Gasteiger partial charge on any atom is -0.480 e. The molecule has 86 valence electrons. The van der Waals surface area contributed by atoms with Crippen molar-refractivity contribution < 1.29 is 14.6 Å². The highest BCUT2D eigenvalue weighted by Crippen LogP contribution is 2.23. The van der Waals surface area contributed by atoms with Crippen molar-refractivity contribution in [3.8, 4) is 0 Å². The van der Waals surface area contributed by atoms with Crippen LogP contribution in [0.4, 0.5) is 5.95 Å². The van der Waals surface area contributed by atoms with Gasteiger partial charge in [0.05, 0.1) is 6.10 Å². The third kappa shape index (κ3) is 1.96. The minimum absolute atomic E-state index is 0.0788. The van der Waals surface area contributed by atoms with Crippen LogP contribution in [0.15, 0.2) is 18.5 Å². The molecule has 1 saturated heterocycles. The number of ether oxygens (including phenoxy) is 1. The number of carboxylic acids is 1. The first-order valence-corrected chi connectivity index (χ1v) is 5.01. The predicted octanol–water partition coefficient (Wildman–Crippen LogP) is 0.155. The fraction of sp³-hybridized carbons (Fsp3) is 0.500. The first-order chi connectivity index (χ1) is 7.72. The summed E-state index contributed by atoms with van der Waals surface area (Å²) < 4.78 is 5.18. The van der Waals surface area contributed by atoms with E-state index in [0.717, 1.165) is 0 Å². The number of hydrogen-bond donors (Lipinski definition) is 1. The van der Waals surface area contributed by atoms with E-state index < -0.39 is 12.0 Å².